The van der Waals surface area contributed by atoms with Crippen LogP contribution in [0.5, 0.6) is 0 Å². The number of anilines is 1. The van der Waals surface area contributed by atoms with E-state index >= 15 is 0 Å². The van der Waals surface area contributed by atoms with Crippen LogP contribution in [0.4, 0.5) is 5.69 Å². The molecule has 0 spiro atoms. The summed E-state index contributed by atoms with van der Waals surface area (Å²) in [5, 5.41) is 11.9. The molecule has 0 saturated carbocycles. The van der Waals surface area contributed by atoms with E-state index in [9.17, 15) is 9.90 Å². The van der Waals surface area contributed by atoms with Crippen LogP contribution in [0.2, 0.25) is 0 Å². The van der Waals surface area contributed by atoms with E-state index < -0.39 is 6.10 Å². The second-order valence-corrected chi connectivity index (χ2v) is 3.80. The summed E-state index contributed by atoms with van der Waals surface area (Å²) in [7, 11) is 1.62. The highest BCUT2D eigenvalue weighted by atomic mass is 16.3. The zero-order chi connectivity index (χ0) is 12.8. The van der Waals surface area contributed by atoms with E-state index in [-0.39, 0.29) is 5.91 Å². The Balaban J connectivity index is 2.78. The molecule has 1 amide bonds. The largest absolute Gasteiger partial charge is 0.387 e. The maximum Gasteiger partial charge on any atom is 0.239 e. The molecule has 1 aromatic rings. The minimum atomic E-state index is -0.571. The quantitative estimate of drug-likeness (QED) is 0.791. The molecular weight excluding hydrogens is 218 g/mol. The van der Waals surface area contributed by atoms with E-state index in [2.05, 4.69) is 10.3 Å². The molecule has 1 rings (SSSR count). The van der Waals surface area contributed by atoms with Gasteiger partial charge in [-0.3, -0.25) is 9.78 Å². The van der Waals surface area contributed by atoms with Gasteiger partial charge in [-0.1, -0.05) is 0 Å². The SMILES string of the molecule is CCN(CC(=O)NC)c1ccc([C@H](C)O)nc1. The molecular formula is C12H19N3O2. The lowest BCUT2D eigenvalue weighted by atomic mass is 10.2. The first kappa shape index (κ1) is 13.4. The molecule has 0 bridgehead atoms. The fourth-order valence-electron chi connectivity index (χ4n) is 1.47. The van der Waals surface area contributed by atoms with Gasteiger partial charge in [0.25, 0.3) is 0 Å². The lowest BCUT2D eigenvalue weighted by Crippen LogP contribution is -2.35. The van der Waals surface area contributed by atoms with Gasteiger partial charge in [-0.05, 0) is 26.0 Å². The third kappa shape index (κ3) is 3.71. The first-order valence-electron chi connectivity index (χ1n) is 5.68. The number of nitrogens with zero attached hydrogens (tertiary/aromatic N) is 2. The normalized spacial score (nSPS) is 12.0. The van der Waals surface area contributed by atoms with Crippen LogP contribution < -0.4 is 10.2 Å². The molecule has 0 fully saturated rings. The van der Waals surface area contributed by atoms with Gasteiger partial charge in [-0.15, -0.1) is 0 Å². The van der Waals surface area contributed by atoms with Crippen molar-refractivity contribution < 1.29 is 9.90 Å². The van der Waals surface area contributed by atoms with E-state index in [0.717, 1.165) is 12.2 Å². The maximum atomic E-state index is 11.3. The van der Waals surface area contributed by atoms with Gasteiger partial charge in [-0.2, -0.15) is 0 Å². The van der Waals surface area contributed by atoms with Gasteiger partial charge in [0.05, 0.1) is 30.2 Å². The van der Waals surface area contributed by atoms with Crippen LogP contribution in [0.25, 0.3) is 0 Å². The van der Waals surface area contributed by atoms with Crippen molar-refractivity contribution in [2.75, 3.05) is 25.0 Å². The smallest absolute Gasteiger partial charge is 0.239 e. The number of aliphatic hydroxyl groups is 1. The predicted octanol–water partition coefficient (Wildman–Crippen LogP) is 0.707. The van der Waals surface area contributed by atoms with Crippen molar-refractivity contribution in [2.45, 2.75) is 20.0 Å². The number of carbonyl (C=O) groups excluding carboxylic acids is 1. The number of aliphatic hydroxyl groups excluding tert-OH is 1. The number of nitrogens with one attached hydrogen (secondary N) is 1. The summed E-state index contributed by atoms with van der Waals surface area (Å²) in [5.41, 5.74) is 1.50. The van der Waals surface area contributed by atoms with Crippen LogP contribution in [0.3, 0.4) is 0 Å². The van der Waals surface area contributed by atoms with Crippen molar-refractivity contribution in [3.63, 3.8) is 0 Å². The summed E-state index contributed by atoms with van der Waals surface area (Å²) in [4.78, 5) is 17.4. The number of pyridine rings is 1. The van der Waals surface area contributed by atoms with Crippen LogP contribution in [0, 0.1) is 0 Å². The summed E-state index contributed by atoms with van der Waals surface area (Å²) in [6, 6.07) is 3.63. The number of rotatable bonds is 5. The number of hydrogen-bond donors (Lipinski definition) is 2. The third-order valence-corrected chi connectivity index (χ3v) is 2.56. The zero-order valence-electron chi connectivity index (χ0n) is 10.5. The molecule has 0 saturated heterocycles. The van der Waals surface area contributed by atoms with Crippen LogP contribution in [-0.4, -0.2) is 36.1 Å². The van der Waals surface area contributed by atoms with Crippen LogP contribution in [-0.2, 0) is 4.79 Å². The summed E-state index contributed by atoms with van der Waals surface area (Å²) in [6.45, 7) is 4.68. The van der Waals surface area contributed by atoms with Crippen LogP contribution >= 0.6 is 0 Å². The summed E-state index contributed by atoms with van der Waals surface area (Å²) in [6.07, 6.45) is 1.10. The number of carbonyl (C=O) groups is 1. The van der Waals surface area contributed by atoms with Crippen LogP contribution in [0.15, 0.2) is 18.3 Å². The predicted molar refractivity (Wildman–Crippen MR) is 66.8 cm³/mol. The van der Waals surface area contributed by atoms with E-state index in [1.165, 1.54) is 0 Å². The highest BCUT2D eigenvalue weighted by molar-refractivity contribution is 5.80. The van der Waals surface area contributed by atoms with Gasteiger partial charge < -0.3 is 15.3 Å². The van der Waals surface area contributed by atoms with Gasteiger partial charge in [0.1, 0.15) is 0 Å². The highest BCUT2D eigenvalue weighted by Crippen LogP contribution is 2.15. The lowest BCUT2D eigenvalue weighted by molar-refractivity contribution is -0.119. The summed E-state index contributed by atoms with van der Waals surface area (Å²) in [5.74, 6) is -0.0357. The minimum Gasteiger partial charge on any atom is -0.387 e. The molecule has 0 aromatic carbocycles. The van der Waals surface area contributed by atoms with Gasteiger partial charge in [-0.25, -0.2) is 0 Å². The first-order chi connectivity index (χ1) is 8.08. The first-order valence-corrected chi connectivity index (χ1v) is 5.68. The molecule has 5 nitrogen and oxygen atoms in total. The van der Waals surface area contributed by atoms with Crippen molar-refractivity contribution in [3.05, 3.63) is 24.0 Å². The molecule has 0 aliphatic carbocycles. The van der Waals surface area contributed by atoms with Crippen LogP contribution in [0.1, 0.15) is 25.6 Å². The topological polar surface area (TPSA) is 65.5 Å². The van der Waals surface area contributed by atoms with E-state index in [1.807, 2.05) is 17.9 Å². The molecule has 94 valence electrons. The molecule has 0 unspecified atom stereocenters. The third-order valence-electron chi connectivity index (χ3n) is 2.56. The number of amides is 1. The summed E-state index contributed by atoms with van der Waals surface area (Å²) < 4.78 is 0. The summed E-state index contributed by atoms with van der Waals surface area (Å²) >= 11 is 0. The Hall–Kier alpha value is -1.62. The second kappa shape index (κ2) is 6.20. The molecule has 2 N–H and O–H groups in total. The van der Waals surface area contributed by atoms with Crippen molar-refractivity contribution in [2.24, 2.45) is 0 Å². The molecule has 0 aliphatic heterocycles. The second-order valence-electron chi connectivity index (χ2n) is 3.80. The van der Waals surface area contributed by atoms with Crippen molar-refractivity contribution in [1.82, 2.24) is 10.3 Å². The van der Waals surface area contributed by atoms with Crippen molar-refractivity contribution >= 4 is 11.6 Å². The van der Waals surface area contributed by atoms with E-state index in [0.29, 0.717) is 12.2 Å². The Labute approximate surface area is 101 Å². The number of hydrogen-bond acceptors (Lipinski definition) is 4. The Morgan fingerprint density at radius 2 is 2.29 bits per heavy atom. The van der Waals surface area contributed by atoms with Gasteiger partial charge in [0.2, 0.25) is 5.91 Å². The Morgan fingerprint density at radius 3 is 2.71 bits per heavy atom. The molecule has 1 aromatic heterocycles. The fourth-order valence-corrected chi connectivity index (χ4v) is 1.47. The van der Waals surface area contributed by atoms with E-state index in [1.54, 1.807) is 26.2 Å². The average Bonchev–Trinajstić information content (AvgIpc) is 2.35. The van der Waals surface area contributed by atoms with Gasteiger partial charge >= 0.3 is 0 Å². The standard InChI is InChI=1S/C12H19N3O2/c1-4-15(8-12(17)13-3)10-5-6-11(9(2)16)14-7-10/h5-7,9,16H,4,8H2,1-3H3,(H,13,17)/t9-/m0/s1. The maximum absolute atomic E-state index is 11.3. The van der Waals surface area contributed by atoms with Crippen molar-refractivity contribution in [1.29, 1.82) is 0 Å². The average molecular weight is 237 g/mol. The molecule has 1 atom stereocenters. The molecule has 1 heterocycles. The van der Waals surface area contributed by atoms with E-state index in [4.69, 9.17) is 0 Å². The molecule has 17 heavy (non-hydrogen) atoms. The Bertz CT molecular complexity index is 363. The fraction of sp³-hybridized carbons (Fsp3) is 0.500. The van der Waals surface area contributed by atoms with Gasteiger partial charge in [0, 0.05) is 13.6 Å². The number of likely N-dealkylation sites (N-methyl/N-ethyl adjacent to an activating group) is 2. The Morgan fingerprint density at radius 1 is 1.59 bits per heavy atom. The number of aromatic nitrogens is 1. The lowest BCUT2D eigenvalue weighted by Gasteiger charge is -2.21. The molecule has 5 heteroatoms. The monoisotopic (exact) mass is 237 g/mol. The molecule has 0 radical (unpaired) electrons. The van der Waals surface area contributed by atoms with Gasteiger partial charge in [0.15, 0.2) is 0 Å². The molecule has 0 aliphatic rings. The zero-order valence-corrected chi connectivity index (χ0v) is 10.5. The highest BCUT2D eigenvalue weighted by Gasteiger charge is 2.10. The van der Waals surface area contributed by atoms with Crippen molar-refractivity contribution in [3.8, 4) is 0 Å². The minimum absolute atomic E-state index is 0.0357. The Kier molecular flexibility index (Phi) is 4.90.